The molecule has 0 aliphatic carbocycles. The second-order valence-corrected chi connectivity index (χ2v) is 8.19. The summed E-state index contributed by atoms with van der Waals surface area (Å²) in [6.07, 6.45) is 1.39. The van der Waals surface area contributed by atoms with Crippen LogP contribution in [0.15, 0.2) is 21.8 Å². The smallest absolute Gasteiger partial charge is 0.220 e. The van der Waals surface area contributed by atoms with E-state index in [0.717, 1.165) is 19.0 Å². The second-order valence-electron chi connectivity index (χ2n) is 6.22. The van der Waals surface area contributed by atoms with Crippen molar-refractivity contribution in [3.05, 3.63) is 18.0 Å². The molecule has 0 atom stereocenters. The Balaban J connectivity index is 0.00000312. The molecular formula is C15H28IN5O3S. The minimum Gasteiger partial charge on any atom is -0.364 e. The number of halogens is 1. The third kappa shape index (κ3) is 6.74. The van der Waals surface area contributed by atoms with Gasteiger partial charge in [-0.15, -0.1) is 24.0 Å². The number of nitrogens with one attached hydrogen (secondary N) is 1. The molecule has 144 valence electrons. The zero-order valence-electron chi connectivity index (χ0n) is 15.0. The van der Waals surface area contributed by atoms with Crippen LogP contribution < -0.4 is 5.32 Å². The van der Waals surface area contributed by atoms with E-state index in [9.17, 15) is 8.42 Å². The zero-order chi connectivity index (χ0) is 17.6. The van der Waals surface area contributed by atoms with Crippen molar-refractivity contribution in [3.63, 3.8) is 0 Å². The van der Waals surface area contributed by atoms with Crippen LogP contribution in [-0.4, -0.2) is 68.0 Å². The van der Waals surface area contributed by atoms with Crippen LogP contribution in [0.3, 0.4) is 0 Å². The number of nitrogens with zero attached hydrogens (tertiary/aromatic N) is 4. The van der Waals surface area contributed by atoms with Crippen molar-refractivity contribution >= 4 is 40.0 Å². The summed E-state index contributed by atoms with van der Waals surface area (Å²) in [4.78, 5) is 6.74. The lowest BCUT2D eigenvalue weighted by Gasteiger charge is -2.35. The Kier molecular flexibility index (Phi) is 9.14. The summed E-state index contributed by atoms with van der Waals surface area (Å²) in [6, 6.07) is 1.58. The van der Waals surface area contributed by atoms with Crippen LogP contribution in [0.4, 0.5) is 0 Å². The number of aromatic nitrogens is 1. The van der Waals surface area contributed by atoms with Crippen molar-refractivity contribution in [2.75, 3.05) is 39.3 Å². The maximum absolute atomic E-state index is 12.5. The van der Waals surface area contributed by atoms with Gasteiger partial charge >= 0.3 is 0 Å². The van der Waals surface area contributed by atoms with Crippen LogP contribution in [-0.2, 0) is 15.8 Å². The average molecular weight is 485 g/mol. The Bertz CT molecular complexity index is 626. The number of piperazine rings is 1. The molecular weight excluding hydrogens is 457 g/mol. The molecule has 8 nitrogen and oxygen atoms in total. The Labute approximate surface area is 167 Å². The Morgan fingerprint density at radius 2 is 2.04 bits per heavy atom. The highest BCUT2D eigenvalue weighted by Crippen LogP contribution is 2.13. The molecule has 25 heavy (non-hydrogen) atoms. The molecule has 1 N–H and O–H groups in total. The summed E-state index contributed by atoms with van der Waals surface area (Å²) < 4.78 is 31.1. The molecule has 0 saturated carbocycles. The normalized spacial score (nSPS) is 16.8. The lowest BCUT2D eigenvalue weighted by atomic mass is 10.2. The van der Waals surface area contributed by atoms with Crippen LogP contribution in [0.1, 0.15) is 26.5 Å². The fraction of sp³-hybridized carbons (Fsp3) is 0.733. The lowest BCUT2D eigenvalue weighted by Crippen LogP contribution is -2.54. The quantitative estimate of drug-likeness (QED) is 0.372. The molecule has 1 aromatic rings. The molecule has 1 fully saturated rings. The first-order valence-corrected chi connectivity index (χ1v) is 9.93. The molecule has 0 aromatic carbocycles. The number of guanidine groups is 1. The van der Waals surface area contributed by atoms with E-state index in [1.807, 2.05) is 6.92 Å². The zero-order valence-corrected chi connectivity index (χ0v) is 18.2. The van der Waals surface area contributed by atoms with E-state index in [1.54, 1.807) is 6.07 Å². The first kappa shape index (κ1) is 22.2. The lowest BCUT2D eigenvalue weighted by molar-refractivity contribution is 0.259. The molecule has 1 aliphatic rings. The van der Waals surface area contributed by atoms with Crippen LogP contribution in [0.2, 0.25) is 0 Å². The molecule has 2 rings (SSSR count). The SMILES string of the molecule is CCNC(=NCC(C)C)N1CCN(S(=O)(=O)Cc2ccon2)CC1.I. The van der Waals surface area contributed by atoms with Gasteiger partial charge in [-0.3, -0.25) is 4.99 Å². The predicted molar refractivity (Wildman–Crippen MR) is 109 cm³/mol. The van der Waals surface area contributed by atoms with Gasteiger partial charge in [-0.2, -0.15) is 4.31 Å². The van der Waals surface area contributed by atoms with Crippen LogP contribution in [0, 0.1) is 5.92 Å². The standard InChI is InChI=1S/C15H27N5O3S.HI/c1-4-16-15(17-11-13(2)3)19-6-8-20(9-7-19)24(21,22)12-14-5-10-23-18-14;/h5,10,13H,4,6-9,11-12H2,1-3H3,(H,16,17);1H. The highest BCUT2D eigenvalue weighted by Gasteiger charge is 2.28. The van der Waals surface area contributed by atoms with Crippen molar-refractivity contribution in [2.24, 2.45) is 10.9 Å². The van der Waals surface area contributed by atoms with E-state index < -0.39 is 10.0 Å². The van der Waals surface area contributed by atoms with Gasteiger partial charge in [0.05, 0.1) is 5.69 Å². The number of sulfonamides is 1. The number of hydrogen-bond acceptors (Lipinski definition) is 5. The molecule has 0 radical (unpaired) electrons. The Morgan fingerprint density at radius 3 is 2.56 bits per heavy atom. The van der Waals surface area contributed by atoms with E-state index >= 15 is 0 Å². The minimum absolute atomic E-state index is 0. The van der Waals surface area contributed by atoms with Gasteiger partial charge in [0, 0.05) is 45.3 Å². The van der Waals surface area contributed by atoms with Crippen molar-refractivity contribution in [1.82, 2.24) is 19.7 Å². The fourth-order valence-electron chi connectivity index (χ4n) is 2.46. The van der Waals surface area contributed by atoms with Gasteiger partial charge in [0.25, 0.3) is 0 Å². The van der Waals surface area contributed by atoms with Gasteiger partial charge in [-0.05, 0) is 12.8 Å². The van der Waals surface area contributed by atoms with E-state index in [-0.39, 0.29) is 29.7 Å². The Hall–Kier alpha value is -0.880. The summed E-state index contributed by atoms with van der Waals surface area (Å²) in [5, 5.41) is 6.97. The summed E-state index contributed by atoms with van der Waals surface area (Å²) in [7, 11) is -3.37. The monoisotopic (exact) mass is 485 g/mol. The number of aliphatic imine (C=N–C) groups is 1. The molecule has 2 heterocycles. The molecule has 0 bridgehead atoms. The summed E-state index contributed by atoms with van der Waals surface area (Å²) in [5.74, 6) is 1.23. The third-order valence-corrected chi connectivity index (χ3v) is 5.51. The largest absolute Gasteiger partial charge is 0.364 e. The summed E-state index contributed by atoms with van der Waals surface area (Å²) in [6.45, 7) is 9.99. The highest BCUT2D eigenvalue weighted by atomic mass is 127. The molecule has 1 aromatic heterocycles. The molecule has 0 unspecified atom stereocenters. The van der Waals surface area contributed by atoms with E-state index in [4.69, 9.17) is 4.52 Å². The molecule has 1 saturated heterocycles. The maximum atomic E-state index is 12.5. The first-order valence-electron chi connectivity index (χ1n) is 8.32. The van der Waals surface area contributed by atoms with Gasteiger partial charge in [-0.1, -0.05) is 19.0 Å². The van der Waals surface area contributed by atoms with E-state index in [2.05, 4.69) is 34.2 Å². The first-order chi connectivity index (χ1) is 11.4. The molecule has 1 aliphatic heterocycles. The van der Waals surface area contributed by atoms with Crippen LogP contribution in [0.5, 0.6) is 0 Å². The Morgan fingerprint density at radius 1 is 1.36 bits per heavy atom. The second kappa shape index (κ2) is 10.3. The van der Waals surface area contributed by atoms with Crippen molar-refractivity contribution in [3.8, 4) is 0 Å². The molecule has 0 amide bonds. The van der Waals surface area contributed by atoms with E-state index in [1.165, 1.54) is 10.6 Å². The molecule has 0 spiro atoms. The predicted octanol–water partition coefficient (Wildman–Crippen LogP) is 1.36. The topological polar surface area (TPSA) is 91.0 Å². The molecule has 10 heteroatoms. The van der Waals surface area contributed by atoms with Gasteiger partial charge in [0.1, 0.15) is 12.0 Å². The van der Waals surface area contributed by atoms with Crippen molar-refractivity contribution < 1.29 is 12.9 Å². The summed E-state index contributed by atoms with van der Waals surface area (Å²) >= 11 is 0. The van der Waals surface area contributed by atoms with Crippen LogP contribution >= 0.6 is 24.0 Å². The number of rotatable bonds is 6. The minimum atomic E-state index is -3.37. The van der Waals surface area contributed by atoms with Gasteiger partial charge in [-0.25, -0.2) is 8.42 Å². The third-order valence-electron chi connectivity index (χ3n) is 3.69. The summed E-state index contributed by atoms with van der Waals surface area (Å²) in [5.41, 5.74) is 0.435. The fourth-order valence-corrected chi connectivity index (χ4v) is 3.89. The highest BCUT2D eigenvalue weighted by molar-refractivity contribution is 14.0. The average Bonchev–Trinajstić information content (AvgIpc) is 3.03. The maximum Gasteiger partial charge on any atom is 0.220 e. The van der Waals surface area contributed by atoms with Gasteiger partial charge in [0.2, 0.25) is 10.0 Å². The van der Waals surface area contributed by atoms with Crippen LogP contribution in [0.25, 0.3) is 0 Å². The van der Waals surface area contributed by atoms with Crippen molar-refractivity contribution in [1.29, 1.82) is 0 Å². The van der Waals surface area contributed by atoms with Gasteiger partial charge in [0.15, 0.2) is 5.96 Å². The number of hydrogen-bond donors (Lipinski definition) is 1. The van der Waals surface area contributed by atoms with E-state index in [0.29, 0.717) is 37.8 Å². The van der Waals surface area contributed by atoms with Gasteiger partial charge < -0.3 is 14.7 Å². The van der Waals surface area contributed by atoms with Crippen molar-refractivity contribution in [2.45, 2.75) is 26.5 Å².